The van der Waals surface area contributed by atoms with Gasteiger partial charge in [-0.15, -0.1) is 0 Å². The second kappa shape index (κ2) is 11.8. The van der Waals surface area contributed by atoms with Gasteiger partial charge in [-0.25, -0.2) is 0 Å². The summed E-state index contributed by atoms with van der Waals surface area (Å²) in [6.45, 7) is 4.78. The number of hydrogen-bond donors (Lipinski definition) is 7. The molecule has 0 aromatic heterocycles. The molecule has 0 unspecified atom stereocenters. The molecule has 26 heavy (non-hydrogen) atoms. The third-order valence-corrected chi connectivity index (χ3v) is 3.38. The topological polar surface area (TPSA) is 192 Å². The van der Waals surface area contributed by atoms with Crippen molar-refractivity contribution < 1.29 is 19.2 Å². The monoisotopic (exact) mass is 370 g/mol. The average Bonchev–Trinajstić information content (AvgIpc) is 2.57. The summed E-state index contributed by atoms with van der Waals surface area (Å²) in [4.78, 5) is 46.2. The molecule has 147 valence electrons. The summed E-state index contributed by atoms with van der Waals surface area (Å²) in [7, 11) is 0. The van der Waals surface area contributed by atoms with Gasteiger partial charge in [0, 0.05) is 6.54 Å². The van der Waals surface area contributed by atoms with Crippen molar-refractivity contribution in [1.29, 1.82) is 5.41 Å². The molecule has 0 saturated carbocycles. The van der Waals surface area contributed by atoms with Crippen LogP contribution in [-0.4, -0.2) is 60.7 Å². The fraction of sp³-hybridized carbons (Fsp3) is 0.667. The van der Waals surface area contributed by atoms with E-state index in [1.165, 1.54) is 20.8 Å². The summed E-state index contributed by atoms with van der Waals surface area (Å²) in [5.41, 5.74) is 10.9. The quantitative estimate of drug-likeness (QED) is 0.116. The maximum absolute atomic E-state index is 12.0. The van der Waals surface area contributed by atoms with E-state index in [2.05, 4.69) is 21.3 Å². The Morgan fingerprint density at radius 3 is 2.00 bits per heavy atom. The van der Waals surface area contributed by atoms with Crippen LogP contribution in [0.2, 0.25) is 0 Å². The maximum atomic E-state index is 12.0. The molecule has 1 radical (unpaired) electrons. The van der Waals surface area contributed by atoms with Crippen LogP contribution < -0.4 is 32.7 Å². The van der Waals surface area contributed by atoms with Crippen LogP contribution in [0, 0.1) is 5.41 Å². The van der Waals surface area contributed by atoms with E-state index in [1.807, 2.05) is 0 Å². The summed E-state index contributed by atoms with van der Waals surface area (Å²) in [5, 5.41) is 16.9. The van der Waals surface area contributed by atoms with Gasteiger partial charge in [0.15, 0.2) is 5.96 Å². The Hall–Kier alpha value is -2.69. The number of carbonyl (C=O) groups excluding carboxylic acids is 4. The number of amides is 3. The Labute approximate surface area is 152 Å². The minimum atomic E-state index is -0.894. The Morgan fingerprint density at radius 2 is 1.50 bits per heavy atom. The van der Waals surface area contributed by atoms with Crippen LogP contribution in [0.4, 0.5) is 0 Å². The zero-order valence-electron chi connectivity index (χ0n) is 15.2. The van der Waals surface area contributed by atoms with E-state index in [4.69, 9.17) is 16.9 Å². The molecule has 0 saturated heterocycles. The van der Waals surface area contributed by atoms with Gasteiger partial charge in [-0.1, -0.05) is 0 Å². The second-order valence-electron chi connectivity index (χ2n) is 5.90. The van der Waals surface area contributed by atoms with Gasteiger partial charge in [0.05, 0.1) is 12.1 Å². The zero-order valence-corrected chi connectivity index (χ0v) is 15.2. The number of guanidine groups is 1. The van der Waals surface area contributed by atoms with Crippen LogP contribution in [-0.2, 0) is 19.2 Å². The van der Waals surface area contributed by atoms with Crippen LogP contribution in [0.5, 0.6) is 0 Å². The second-order valence-corrected chi connectivity index (χ2v) is 5.90. The van der Waals surface area contributed by atoms with Crippen LogP contribution in [0.1, 0.15) is 33.6 Å². The van der Waals surface area contributed by atoms with Gasteiger partial charge in [-0.2, -0.15) is 0 Å². The van der Waals surface area contributed by atoms with E-state index in [0.717, 1.165) is 0 Å². The molecule has 9 N–H and O–H groups in total. The fourth-order valence-electron chi connectivity index (χ4n) is 1.83. The molecule has 11 heteroatoms. The molecule has 0 fully saturated rings. The van der Waals surface area contributed by atoms with Crippen LogP contribution >= 0.6 is 0 Å². The summed E-state index contributed by atoms with van der Waals surface area (Å²) in [6.07, 6.45) is 2.48. The first-order chi connectivity index (χ1) is 12.1. The van der Waals surface area contributed by atoms with Crippen LogP contribution in [0.3, 0.4) is 0 Å². The van der Waals surface area contributed by atoms with Gasteiger partial charge in [-0.05, 0) is 33.6 Å². The standard InChI is InChI=1S/C15H28N7O4/c1-8(7-23)20-12(24)9(2)21-13(25)10(3)22-14(26)11(16)5-4-6-19-15(17)18/h8-11H,4-6,16H2,1-3H3,(H,20,24)(H,21,25)(H,22,26)(H4,17,18,19)/t8-,9-,10-,11+/m0/s1. The van der Waals surface area contributed by atoms with Crippen molar-refractivity contribution in [1.82, 2.24) is 21.3 Å². The molecule has 0 bridgehead atoms. The Morgan fingerprint density at radius 1 is 1.00 bits per heavy atom. The lowest BCUT2D eigenvalue weighted by atomic mass is 10.1. The van der Waals surface area contributed by atoms with Crippen LogP contribution in [0.25, 0.3) is 0 Å². The molecule has 0 aliphatic carbocycles. The highest BCUT2D eigenvalue weighted by atomic mass is 16.2. The van der Waals surface area contributed by atoms with E-state index in [-0.39, 0.29) is 5.96 Å². The predicted octanol–water partition coefficient (Wildman–Crippen LogP) is -2.80. The number of carbonyl (C=O) groups is 3. The number of nitrogens with one attached hydrogen (secondary N) is 5. The predicted molar refractivity (Wildman–Crippen MR) is 95.6 cm³/mol. The van der Waals surface area contributed by atoms with Crippen molar-refractivity contribution in [3.63, 3.8) is 0 Å². The smallest absolute Gasteiger partial charge is 0.242 e. The molecule has 0 heterocycles. The molecule has 3 amide bonds. The van der Waals surface area contributed by atoms with Gasteiger partial charge in [0.1, 0.15) is 12.1 Å². The maximum Gasteiger partial charge on any atom is 0.242 e. The Balaban J connectivity index is 4.30. The van der Waals surface area contributed by atoms with E-state index >= 15 is 0 Å². The number of hydrogen-bond acceptors (Lipinski definition) is 6. The van der Waals surface area contributed by atoms with Crippen molar-refractivity contribution in [2.45, 2.75) is 57.8 Å². The molecule has 0 aromatic carbocycles. The summed E-state index contributed by atoms with van der Waals surface area (Å²) in [5.74, 6) is -1.76. The third kappa shape index (κ3) is 9.57. The zero-order chi connectivity index (χ0) is 20.3. The largest absolute Gasteiger partial charge is 0.370 e. The lowest BCUT2D eigenvalue weighted by Gasteiger charge is -2.20. The van der Waals surface area contributed by atoms with E-state index in [9.17, 15) is 19.2 Å². The minimum absolute atomic E-state index is 0.160. The van der Waals surface area contributed by atoms with Gasteiger partial charge >= 0.3 is 0 Å². The molecule has 0 aliphatic rings. The van der Waals surface area contributed by atoms with Crippen LogP contribution in [0.15, 0.2) is 0 Å². The summed E-state index contributed by atoms with van der Waals surface area (Å²) < 4.78 is 0. The molecule has 11 nitrogen and oxygen atoms in total. The van der Waals surface area contributed by atoms with Gasteiger partial charge in [-0.3, -0.25) is 24.6 Å². The Kier molecular flexibility index (Phi) is 10.6. The molecular formula is C15H28N7O4. The lowest BCUT2D eigenvalue weighted by Crippen LogP contribution is -2.54. The van der Waals surface area contributed by atoms with E-state index < -0.39 is 41.9 Å². The summed E-state index contributed by atoms with van der Waals surface area (Å²) >= 11 is 0. The van der Waals surface area contributed by atoms with E-state index in [1.54, 1.807) is 6.29 Å². The summed E-state index contributed by atoms with van der Waals surface area (Å²) in [6, 6.07) is -3.38. The first kappa shape index (κ1) is 23.3. The number of rotatable bonds is 11. The highest BCUT2D eigenvalue weighted by Gasteiger charge is 2.23. The average molecular weight is 370 g/mol. The van der Waals surface area contributed by atoms with Gasteiger partial charge in [0.2, 0.25) is 24.0 Å². The lowest BCUT2D eigenvalue weighted by molar-refractivity contribution is -0.131. The molecule has 0 rings (SSSR count). The SMILES string of the molecule is C[C@H](NC(=O)[C@H](N)CCCNC(=N)N)C(=O)N[C@@H](C)C(=O)N[C@@H](C)[C]=O. The van der Waals surface area contributed by atoms with Gasteiger partial charge < -0.3 is 32.7 Å². The fourth-order valence-corrected chi connectivity index (χ4v) is 1.83. The van der Waals surface area contributed by atoms with E-state index in [0.29, 0.717) is 19.4 Å². The van der Waals surface area contributed by atoms with Crippen molar-refractivity contribution in [3.8, 4) is 0 Å². The minimum Gasteiger partial charge on any atom is -0.370 e. The third-order valence-electron chi connectivity index (χ3n) is 3.38. The normalized spacial score (nSPS) is 14.9. The number of nitrogens with two attached hydrogens (primary N) is 2. The first-order valence-corrected chi connectivity index (χ1v) is 8.20. The molecule has 4 atom stereocenters. The molecule has 0 aromatic rings. The van der Waals surface area contributed by atoms with Crippen molar-refractivity contribution in [3.05, 3.63) is 0 Å². The van der Waals surface area contributed by atoms with Gasteiger partial charge in [0.25, 0.3) is 0 Å². The first-order valence-electron chi connectivity index (χ1n) is 8.20. The van der Waals surface area contributed by atoms with Crippen molar-refractivity contribution in [2.75, 3.05) is 6.54 Å². The highest BCUT2D eigenvalue weighted by molar-refractivity contribution is 5.93. The molecule has 0 aliphatic heterocycles. The van der Waals surface area contributed by atoms with Crippen molar-refractivity contribution >= 4 is 30.0 Å². The molecule has 0 spiro atoms. The Bertz CT molecular complexity index is 526. The van der Waals surface area contributed by atoms with Crippen molar-refractivity contribution in [2.24, 2.45) is 11.5 Å². The molecular weight excluding hydrogens is 342 g/mol. The highest BCUT2D eigenvalue weighted by Crippen LogP contribution is 1.96.